The van der Waals surface area contributed by atoms with Crippen LogP contribution in [0.5, 0.6) is 0 Å². The second kappa shape index (κ2) is 6.37. The van der Waals surface area contributed by atoms with Gasteiger partial charge in [0.25, 0.3) is 5.91 Å². The number of nitriles is 1. The predicted octanol–water partition coefficient (Wildman–Crippen LogP) is 0.859. The monoisotopic (exact) mass is 350 g/mol. The summed E-state index contributed by atoms with van der Waals surface area (Å²) >= 11 is 0. The number of aryl methyl sites for hydroxylation is 1. The van der Waals surface area contributed by atoms with Crippen LogP contribution >= 0.6 is 0 Å². The number of likely N-dealkylation sites (N-methyl/N-ethyl adjacent to an activating group) is 1. The van der Waals surface area contributed by atoms with Crippen molar-refractivity contribution in [3.8, 4) is 6.19 Å². The van der Waals surface area contributed by atoms with Crippen molar-refractivity contribution in [3.63, 3.8) is 0 Å². The highest BCUT2D eigenvalue weighted by molar-refractivity contribution is 5.94. The van der Waals surface area contributed by atoms with Gasteiger partial charge in [-0.3, -0.25) is 9.48 Å². The lowest BCUT2D eigenvalue weighted by molar-refractivity contribution is -0.119. The molecule has 0 radical (unpaired) electrons. The lowest BCUT2D eigenvalue weighted by Gasteiger charge is -2.27. The summed E-state index contributed by atoms with van der Waals surface area (Å²) in [6.07, 6.45) is 15.3. The standard InChI is InChI=1S/C19H22N6O/c1-23-10-15(9-21-23)13-3-4-17-14(7-13)8-18(24(17)2)19(26)22-16-5-6-25(11-16)12-20/h3-4,7-10,14,16-17H,5-6,11H2,1-2H3,(H,22,26). The first kappa shape index (κ1) is 16.5. The first-order chi connectivity index (χ1) is 12.5. The Labute approximate surface area is 152 Å². The van der Waals surface area contributed by atoms with Crippen molar-refractivity contribution in [1.29, 1.82) is 5.26 Å². The lowest BCUT2D eigenvalue weighted by atomic mass is 9.91. The Bertz CT molecular complexity index is 858. The Morgan fingerprint density at radius 2 is 2.23 bits per heavy atom. The van der Waals surface area contributed by atoms with Gasteiger partial charge in [0, 0.05) is 50.9 Å². The van der Waals surface area contributed by atoms with Crippen molar-refractivity contribution in [2.75, 3.05) is 20.1 Å². The molecule has 7 nitrogen and oxygen atoms in total. The molecular weight excluding hydrogens is 328 g/mol. The second-order valence-corrected chi connectivity index (χ2v) is 7.12. The number of carbonyl (C=O) groups excluding carboxylic acids is 1. The Morgan fingerprint density at radius 3 is 2.92 bits per heavy atom. The van der Waals surface area contributed by atoms with Gasteiger partial charge in [0.2, 0.25) is 0 Å². The van der Waals surface area contributed by atoms with Crippen molar-refractivity contribution in [2.45, 2.75) is 18.5 Å². The molecule has 134 valence electrons. The van der Waals surface area contributed by atoms with E-state index in [9.17, 15) is 4.79 Å². The van der Waals surface area contributed by atoms with E-state index in [2.05, 4.69) is 34.8 Å². The summed E-state index contributed by atoms with van der Waals surface area (Å²) in [5, 5.41) is 16.3. The third-order valence-electron chi connectivity index (χ3n) is 5.35. The number of hydrogen-bond acceptors (Lipinski definition) is 5. The summed E-state index contributed by atoms with van der Waals surface area (Å²) in [6, 6.07) is 0.200. The molecule has 3 heterocycles. The van der Waals surface area contributed by atoms with Crippen LogP contribution < -0.4 is 5.32 Å². The van der Waals surface area contributed by atoms with E-state index in [-0.39, 0.29) is 23.9 Å². The van der Waals surface area contributed by atoms with E-state index in [4.69, 9.17) is 5.26 Å². The van der Waals surface area contributed by atoms with Crippen LogP contribution in [0, 0.1) is 17.4 Å². The number of likely N-dealkylation sites (tertiary alicyclic amines) is 1. The second-order valence-electron chi connectivity index (χ2n) is 7.12. The number of rotatable bonds is 3. The Kier molecular flexibility index (Phi) is 4.03. The summed E-state index contributed by atoms with van der Waals surface area (Å²) in [5.74, 6) is 0.108. The SMILES string of the molecule is CN1C(C(=O)NC2CCN(C#N)C2)=CC2C=C(c3cnn(C)c3)C=CC21. The molecule has 1 fully saturated rings. The molecule has 1 aliphatic carbocycles. The first-order valence-corrected chi connectivity index (χ1v) is 8.84. The Hall–Kier alpha value is -3.01. The van der Waals surface area contributed by atoms with Crippen LogP contribution in [0.3, 0.4) is 0 Å². The van der Waals surface area contributed by atoms with Gasteiger partial charge in [-0.05, 0) is 18.1 Å². The molecule has 7 heteroatoms. The summed E-state index contributed by atoms with van der Waals surface area (Å²) in [7, 11) is 3.86. The number of aromatic nitrogens is 2. The van der Waals surface area contributed by atoms with Gasteiger partial charge in [0.15, 0.2) is 6.19 Å². The summed E-state index contributed by atoms with van der Waals surface area (Å²) in [4.78, 5) is 16.4. The molecule has 2 aliphatic heterocycles. The van der Waals surface area contributed by atoms with E-state index < -0.39 is 0 Å². The highest BCUT2D eigenvalue weighted by Crippen LogP contribution is 2.34. The van der Waals surface area contributed by atoms with E-state index in [1.165, 1.54) is 0 Å². The molecule has 3 unspecified atom stereocenters. The van der Waals surface area contributed by atoms with Gasteiger partial charge in [-0.2, -0.15) is 10.4 Å². The van der Waals surface area contributed by atoms with Crippen LogP contribution in [-0.4, -0.2) is 57.7 Å². The molecule has 26 heavy (non-hydrogen) atoms. The fourth-order valence-corrected chi connectivity index (χ4v) is 3.91. The van der Waals surface area contributed by atoms with Crippen LogP contribution in [0.4, 0.5) is 0 Å². The van der Waals surface area contributed by atoms with Gasteiger partial charge in [0.05, 0.1) is 17.9 Å². The quantitative estimate of drug-likeness (QED) is 0.818. The summed E-state index contributed by atoms with van der Waals surface area (Å²) < 4.78 is 1.79. The predicted molar refractivity (Wildman–Crippen MR) is 97.2 cm³/mol. The fraction of sp³-hybridized carbons (Fsp3) is 0.421. The van der Waals surface area contributed by atoms with Gasteiger partial charge >= 0.3 is 0 Å². The molecule has 0 saturated carbocycles. The Morgan fingerprint density at radius 1 is 1.38 bits per heavy atom. The number of nitrogens with one attached hydrogen (secondary N) is 1. The minimum Gasteiger partial charge on any atom is -0.363 e. The molecule has 1 saturated heterocycles. The highest BCUT2D eigenvalue weighted by Gasteiger charge is 2.35. The number of allylic oxidation sites excluding steroid dienone is 2. The van der Waals surface area contributed by atoms with Crippen molar-refractivity contribution in [3.05, 3.63) is 48.0 Å². The molecular formula is C19H22N6O. The number of amides is 1. The maximum atomic E-state index is 12.7. The van der Waals surface area contributed by atoms with Crippen LogP contribution in [0.1, 0.15) is 12.0 Å². The molecule has 3 atom stereocenters. The highest BCUT2D eigenvalue weighted by atomic mass is 16.2. The van der Waals surface area contributed by atoms with E-state index in [0.717, 1.165) is 17.6 Å². The molecule has 4 rings (SSSR count). The zero-order valence-corrected chi connectivity index (χ0v) is 15.0. The van der Waals surface area contributed by atoms with E-state index >= 15 is 0 Å². The van der Waals surface area contributed by atoms with Crippen LogP contribution in [0.2, 0.25) is 0 Å². The third-order valence-corrected chi connectivity index (χ3v) is 5.35. The number of fused-ring (bicyclic) bond motifs is 1. The first-order valence-electron chi connectivity index (χ1n) is 8.84. The summed E-state index contributed by atoms with van der Waals surface area (Å²) in [5.41, 5.74) is 2.91. The third kappa shape index (κ3) is 2.88. The van der Waals surface area contributed by atoms with E-state index in [0.29, 0.717) is 18.8 Å². The molecule has 0 spiro atoms. The average molecular weight is 350 g/mol. The smallest absolute Gasteiger partial charge is 0.267 e. The van der Waals surface area contributed by atoms with E-state index in [1.54, 1.807) is 9.58 Å². The molecule has 3 aliphatic rings. The van der Waals surface area contributed by atoms with Gasteiger partial charge in [-0.15, -0.1) is 0 Å². The topological polar surface area (TPSA) is 77.2 Å². The average Bonchev–Trinajstić information content (AvgIpc) is 3.34. The zero-order chi connectivity index (χ0) is 18.3. The molecule has 0 aromatic carbocycles. The van der Waals surface area contributed by atoms with Crippen molar-refractivity contribution in [2.24, 2.45) is 13.0 Å². The maximum Gasteiger partial charge on any atom is 0.267 e. The van der Waals surface area contributed by atoms with Crippen molar-refractivity contribution >= 4 is 11.5 Å². The summed E-state index contributed by atoms with van der Waals surface area (Å²) in [6.45, 7) is 1.30. The van der Waals surface area contributed by atoms with E-state index in [1.807, 2.05) is 37.5 Å². The van der Waals surface area contributed by atoms with Crippen molar-refractivity contribution < 1.29 is 4.79 Å². The Balaban J connectivity index is 1.49. The number of hydrogen-bond donors (Lipinski definition) is 1. The van der Waals surface area contributed by atoms with Gasteiger partial charge < -0.3 is 15.1 Å². The lowest BCUT2D eigenvalue weighted by Crippen LogP contribution is -2.41. The van der Waals surface area contributed by atoms with Gasteiger partial charge in [-0.25, -0.2) is 0 Å². The minimum absolute atomic E-state index is 0.0381. The van der Waals surface area contributed by atoms with Crippen LogP contribution in [-0.2, 0) is 11.8 Å². The zero-order valence-electron chi connectivity index (χ0n) is 15.0. The van der Waals surface area contributed by atoms with Crippen molar-refractivity contribution in [1.82, 2.24) is 24.9 Å². The maximum absolute atomic E-state index is 12.7. The molecule has 1 aromatic heterocycles. The van der Waals surface area contributed by atoms with Crippen LogP contribution in [0.15, 0.2) is 42.4 Å². The van der Waals surface area contributed by atoms with Crippen LogP contribution in [0.25, 0.3) is 5.57 Å². The van der Waals surface area contributed by atoms with Gasteiger partial charge in [-0.1, -0.05) is 18.2 Å². The minimum atomic E-state index is -0.0589. The molecule has 1 amide bonds. The largest absolute Gasteiger partial charge is 0.363 e. The number of nitrogens with zero attached hydrogens (tertiary/aromatic N) is 5. The molecule has 0 bridgehead atoms. The normalized spacial score (nSPS) is 27.0. The fourth-order valence-electron chi connectivity index (χ4n) is 3.91. The number of carbonyl (C=O) groups is 1. The molecule has 1 aromatic rings. The molecule has 1 N–H and O–H groups in total. The van der Waals surface area contributed by atoms with Gasteiger partial charge in [0.1, 0.15) is 0 Å².